The van der Waals surface area contributed by atoms with E-state index in [0.717, 1.165) is 12.8 Å². The van der Waals surface area contributed by atoms with Crippen LogP contribution in [0.5, 0.6) is 0 Å². The maximum Gasteiger partial charge on any atom is 0.325 e. The molecule has 0 spiro atoms. The molecule has 1 fully saturated rings. The summed E-state index contributed by atoms with van der Waals surface area (Å²) < 4.78 is 4.96. The van der Waals surface area contributed by atoms with Crippen molar-refractivity contribution >= 4 is 18.3 Å². The number of hydrogen-bond donors (Lipinski definition) is 2. The quantitative estimate of drug-likeness (QED) is 0.553. The molecule has 1 unspecified atom stereocenters. The van der Waals surface area contributed by atoms with Gasteiger partial charge in [-0.3, -0.25) is 4.79 Å². The lowest BCUT2D eigenvalue weighted by Crippen LogP contribution is -2.49. The molecule has 2 amide bonds. The number of aldehydes is 1. The van der Waals surface area contributed by atoms with Gasteiger partial charge in [-0.2, -0.15) is 0 Å². The molecule has 108 valence electrons. The number of carbonyl (C=O) groups is 3. The summed E-state index contributed by atoms with van der Waals surface area (Å²) in [5, 5.41) is 4.89. The predicted octanol–water partition coefficient (Wildman–Crippen LogP) is 0.852. The van der Waals surface area contributed by atoms with Gasteiger partial charge in [0.15, 0.2) is 0 Å². The van der Waals surface area contributed by atoms with Crippen LogP contribution in [0.15, 0.2) is 0 Å². The number of urea groups is 1. The molecule has 0 aromatic heterocycles. The molecule has 0 bridgehead atoms. The number of amides is 2. The Bertz CT molecular complexity index is 345. The van der Waals surface area contributed by atoms with Crippen LogP contribution in [0.4, 0.5) is 4.79 Å². The highest BCUT2D eigenvalue weighted by Gasteiger charge is 2.26. The van der Waals surface area contributed by atoms with E-state index in [1.165, 1.54) is 0 Å². The van der Waals surface area contributed by atoms with Crippen molar-refractivity contribution in [1.29, 1.82) is 0 Å². The first-order valence-corrected chi connectivity index (χ1v) is 6.48. The molecule has 1 aliphatic rings. The van der Waals surface area contributed by atoms with Crippen LogP contribution in [0.1, 0.15) is 33.6 Å². The van der Waals surface area contributed by atoms with Crippen LogP contribution in [0.25, 0.3) is 0 Å². The third-order valence-corrected chi connectivity index (χ3v) is 2.93. The van der Waals surface area contributed by atoms with Crippen molar-refractivity contribution in [3.63, 3.8) is 0 Å². The topological polar surface area (TPSA) is 84.5 Å². The van der Waals surface area contributed by atoms with Gasteiger partial charge in [0.05, 0.1) is 12.6 Å². The average molecular weight is 270 g/mol. The molecule has 0 radical (unpaired) electrons. The van der Waals surface area contributed by atoms with Gasteiger partial charge in [0.1, 0.15) is 12.8 Å². The van der Waals surface area contributed by atoms with Gasteiger partial charge in [0.2, 0.25) is 0 Å². The van der Waals surface area contributed by atoms with Crippen LogP contribution in [-0.2, 0) is 14.3 Å². The molecule has 0 aromatic rings. The Morgan fingerprint density at radius 3 is 2.47 bits per heavy atom. The Kier molecular flexibility index (Phi) is 5.32. The third kappa shape index (κ3) is 6.22. The van der Waals surface area contributed by atoms with Crippen LogP contribution in [0.3, 0.4) is 0 Å². The van der Waals surface area contributed by atoms with Crippen LogP contribution >= 0.6 is 0 Å². The third-order valence-electron chi connectivity index (χ3n) is 2.93. The highest BCUT2D eigenvalue weighted by molar-refractivity contribution is 5.82. The lowest BCUT2D eigenvalue weighted by atomic mass is 9.88. The summed E-state index contributed by atoms with van der Waals surface area (Å²) in [5.74, 6) is 0.0403. The summed E-state index contributed by atoms with van der Waals surface area (Å²) in [6, 6.07) is -1.15. The molecule has 0 aromatic carbocycles. The monoisotopic (exact) mass is 270 g/mol. The van der Waals surface area contributed by atoms with Gasteiger partial charge in [0, 0.05) is 0 Å². The normalized spacial score (nSPS) is 16.4. The van der Waals surface area contributed by atoms with E-state index in [4.69, 9.17) is 4.74 Å². The first-order valence-electron chi connectivity index (χ1n) is 6.48. The summed E-state index contributed by atoms with van der Waals surface area (Å²) >= 11 is 0. The molecular weight excluding hydrogens is 248 g/mol. The van der Waals surface area contributed by atoms with Crippen molar-refractivity contribution in [2.45, 2.75) is 39.7 Å². The van der Waals surface area contributed by atoms with Gasteiger partial charge in [-0.1, -0.05) is 20.8 Å². The zero-order chi connectivity index (χ0) is 14.5. The number of ether oxygens (including phenoxy) is 1. The first kappa shape index (κ1) is 15.5. The number of esters is 1. The Morgan fingerprint density at radius 2 is 2.00 bits per heavy atom. The molecule has 1 rings (SSSR count). The van der Waals surface area contributed by atoms with E-state index < -0.39 is 18.0 Å². The van der Waals surface area contributed by atoms with Crippen LogP contribution in [0, 0.1) is 11.3 Å². The lowest BCUT2D eigenvalue weighted by molar-refractivity contribution is -0.142. The summed E-state index contributed by atoms with van der Waals surface area (Å²) in [6.45, 7) is 5.78. The van der Waals surface area contributed by atoms with Gasteiger partial charge < -0.3 is 20.2 Å². The summed E-state index contributed by atoms with van der Waals surface area (Å²) in [4.78, 5) is 33.7. The lowest BCUT2D eigenvalue weighted by Gasteiger charge is -2.26. The van der Waals surface area contributed by atoms with E-state index in [1.54, 1.807) is 0 Å². The van der Waals surface area contributed by atoms with E-state index in [9.17, 15) is 14.4 Å². The zero-order valence-electron chi connectivity index (χ0n) is 11.7. The summed E-state index contributed by atoms with van der Waals surface area (Å²) in [7, 11) is 0. The molecule has 1 saturated carbocycles. The fourth-order valence-electron chi connectivity index (χ4n) is 1.35. The Labute approximate surface area is 113 Å². The molecule has 1 atom stereocenters. The molecular formula is C13H22N2O4. The van der Waals surface area contributed by atoms with Crippen molar-refractivity contribution in [3.05, 3.63) is 0 Å². The first-order chi connectivity index (χ1) is 8.82. The second-order valence-corrected chi connectivity index (χ2v) is 5.93. The Morgan fingerprint density at radius 1 is 1.37 bits per heavy atom. The van der Waals surface area contributed by atoms with Gasteiger partial charge >= 0.3 is 12.0 Å². The number of hydrogen-bond acceptors (Lipinski definition) is 4. The van der Waals surface area contributed by atoms with Crippen molar-refractivity contribution in [2.24, 2.45) is 11.3 Å². The van der Waals surface area contributed by atoms with E-state index in [-0.39, 0.29) is 12.0 Å². The van der Waals surface area contributed by atoms with E-state index >= 15 is 0 Å². The number of carbonyl (C=O) groups excluding carboxylic acids is 3. The largest absolute Gasteiger partial charge is 0.464 e. The maximum atomic E-state index is 11.5. The van der Waals surface area contributed by atoms with E-state index in [1.807, 2.05) is 20.8 Å². The molecule has 6 nitrogen and oxygen atoms in total. The standard InChI is InChI=1S/C13H22N2O4/c1-13(2,3)10(7-16)15-12(18)14-6-11(17)19-8-9-4-5-9/h7,9-10H,4-6,8H2,1-3H3,(H2,14,15,18). The number of rotatable bonds is 6. The zero-order valence-corrected chi connectivity index (χ0v) is 11.7. The average Bonchev–Trinajstić information content (AvgIpc) is 3.13. The second-order valence-electron chi connectivity index (χ2n) is 5.93. The fourth-order valence-corrected chi connectivity index (χ4v) is 1.35. The Hall–Kier alpha value is -1.59. The Balaban J connectivity index is 2.22. The fraction of sp³-hybridized carbons (Fsp3) is 0.769. The minimum atomic E-state index is -0.602. The SMILES string of the molecule is CC(C)(C)C(C=O)NC(=O)NCC(=O)OCC1CC1. The molecule has 1 aliphatic carbocycles. The molecule has 0 saturated heterocycles. The predicted molar refractivity (Wildman–Crippen MR) is 69.5 cm³/mol. The minimum absolute atomic E-state index is 0.186. The van der Waals surface area contributed by atoms with Gasteiger partial charge in [-0.15, -0.1) is 0 Å². The summed E-state index contributed by atoms with van der Waals surface area (Å²) in [5.41, 5.74) is -0.369. The molecule has 6 heteroatoms. The maximum absolute atomic E-state index is 11.5. The molecule has 2 N–H and O–H groups in total. The smallest absolute Gasteiger partial charge is 0.325 e. The van der Waals surface area contributed by atoms with Crippen LogP contribution < -0.4 is 10.6 Å². The summed E-state index contributed by atoms with van der Waals surface area (Å²) in [6.07, 6.45) is 2.90. The number of nitrogens with one attached hydrogen (secondary N) is 2. The highest BCUT2D eigenvalue weighted by atomic mass is 16.5. The van der Waals surface area contributed by atoms with Crippen molar-refractivity contribution in [3.8, 4) is 0 Å². The van der Waals surface area contributed by atoms with E-state index in [0.29, 0.717) is 18.8 Å². The van der Waals surface area contributed by atoms with Gasteiger partial charge in [0.25, 0.3) is 0 Å². The molecule has 19 heavy (non-hydrogen) atoms. The van der Waals surface area contributed by atoms with Crippen LogP contribution in [0.2, 0.25) is 0 Å². The minimum Gasteiger partial charge on any atom is -0.464 e. The van der Waals surface area contributed by atoms with Crippen molar-refractivity contribution < 1.29 is 19.1 Å². The van der Waals surface area contributed by atoms with Gasteiger partial charge in [-0.25, -0.2) is 4.79 Å². The molecule has 0 aliphatic heterocycles. The highest BCUT2D eigenvalue weighted by Crippen LogP contribution is 2.28. The van der Waals surface area contributed by atoms with Crippen molar-refractivity contribution in [1.82, 2.24) is 10.6 Å². The van der Waals surface area contributed by atoms with Gasteiger partial charge in [-0.05, 0) is 24.2 Å². The molecule has 0 heterocycles. The van der Waals surface area contributed by atoms with Crippen molar-refractivity contribution in [2.75, 3.05) is 13.2 Å². The van der Waals surface area contributed by atoms with Crippen LogP contribution in [-0.4, -0.2) is 37.5 Å². The second kappa shape index (κ2) is 6.54. The van der Waals surface area contributed by atoms with E-state index in [2.05, 4.69) is 10.6 Å².